The number of aliphatic hydroxyl groups excluding tert-OH is 3. The first-order chi connectivity index (χ1) is 21.9. The van der Waals surface area contributed by atoms with Crippen molar-refractivity contribution in [2.45, 2.75) is 137 Å². The molecule has 0 radical (unpaired) electrons. The van der Waals surface area contributed by atoms with E-state index in [4.69, 9.17) is 36.1 Å². The summed E-state index contributed by atoms with van der Waals surface area (Å²) in [4.78, 5) is 12.8. The molecule has 276 valence electrons. The molecule has 3 aliphatic rings. The van der Waals surface area contributed by atoms with Crippen LogP contribution in [0.1, 0.15) is 46.5 Å². The number of halogens is 2. The fourth-order valence-corrected chi connectivity index (χ4v) is 6.38. The summed E-state index contributed by atoms with van der Waals surface area (Å²) in [6.07, 6.45) is -9.15. The fraction of sp³-hybridized carbons (Fsp3) is 0.966. The molecule has 1 unspecified atom stereocenters. The third kappa shape index (κ3) is 9.52. The van der Waals surface area contributed by atoms with E-state index < -0.39 is 90.7 Å². The predicted molar refractivity (Wildman–Crippen MR) is 166 cm³/mol. The summed E-state index contributed by atoms with van der Waals surface area (Å²) in [5, 5.41) is 55.3. The van der Waals surface area contributed by atoms with Crippen molar-refractivity contribution >= 4 is 5.91 Å². The first-order valence-electron chi connectivity index (χ1n) is 16.2. The summed E-state index contributed by atoms with van der Waals surface area (Å²) in [6, 6.07) is -3.44. The van der Waals surface area contributed by atoms with Crippen molar-refractivity contribution in [3.8, 4) is 0 Å². The van der Waals surface area contributed by atoms with Crippen LogP contribution < -0.4 is 38.5 Å². The van der Waals surface area contributed by atoms with Gasteiger partial charge in [0.15, 0.2) is 18.7 Å². The Hall–Kier alpha value is -1.23. The van der Waals surface area contributed by atoms with E-state index in [0.717, 1.165) is 0 Å². The first-order valence-corrected chi connectivity index (χ1v) is 16.2. The van der Waals surface area contributed by atoms with Gasteiger partial charge in [-0.25, -0.2) is 8.78 Å². The Kier molecular flexibility index (Phi) is 14.2. The normalized spacial score (nSPS) is 39.4. The summed E-state index contributed by atoms with van der Waals surface area (Å²) >= 11 is 0. The Morgan fingerprint density at radius 1 is 1.09 bits per heavy atom. The second kappa shape index (κ2) is 16.7. The molecule has 3 rings (SSSR count). The Bertz CT molecular complexity index is 1000. The van der Waals surface area contributed by atoms with E-state index in [9.17, 15) is 34.0 Å². The molecule has 2 saturated heterocycles. The third-order valence-electron chi connectivity index (χ3n) is 9.59. The van der Waals surface area contributed by atoms with Crippen LogP contribution in [0.15, 0.2) is 0 Å². The van der Waals surface area contributed by atoms with Crippen molar-refractivity contribution < 1.29 is 52.9 Å². The molecule has 0 bridgehead atoms. The lowest BCUT2D eigenvalue weighted by Gasteiger charge is -2.50. The highest BCUT2D eigenvalue weighted by molar-refractivity contribution is 5.82. The topological polar surface area (TPSA) is 261 Å². The largest absolute Gasteiger partial charge is 0.388 e. The SMILES string of the molecule is CN[C@@H]1[C@@H](O)[C@@H](O[C@@H]2[C@@H](O)[C@H](O[C@H]3O[C@H](C(C)(C)NC)CC[C@H]3NCCCN)[C@@H](N)C[C@H]2NC(=O)C(O)C(F)(F)CN)OC[C@]1(C)O. The van der Waals surface area contributed by atoms with Crippen LogP contribution in [0.5, 0.6) is 0 Å². The number of carbonyl (C=O) groups is 1. The van der Waals surface area contributed by atoms with Crippen LogP contribution in [-0.4, -0.2) is 157 Å². The average molecular weight is 686 g/mol. The van der Waals surface area contributed by atoms with Gasteiger partial charge in [-0.3, -0.25) is 4.79 Å². The van der Waals surface area contributed by atoms with Crippen molar-refractivity contribution in [3.05, 3.63) is 0 Å². The van der Waals surface area contributed by atoms with Gasteiger partial charge in [0.1, 0.15) is 30.0 Å². The molecule has 0 spiro atoms. The zero-order chi connectivity index (χ0) is 35.3. The summed E-state index contributed by atoms with van der Waals surface area (Å²) < 4.78 is 52.7. The van der Waals surface area contributed by atoms with E-state index >= 15 is 0 Å². The molecule has 47 heavy (non-hydrogen) atoms. The quantitative estimate of drug-likeness (QED) is 0.0738. The number of hydrogen-bond donors (Lipinski definition) is 11. The molecule has 1 aliphatic carbocycles. The molecule has 0 aromatic carbocycles. The van der Waals surface area contributed by atoms with Gasteiger partial charge in [-0.1, -0.05) is 0 Å². The Morgan fingerprint density at radius 3 is 2.34 bits per heavy atom. The first kappa shape index (κ1) is 40.2. The molecule has 1 saturated carbocycles. The molecule has 2 aliphatic heterocycles. The van der Waals surface area contributed by atoms with E-state index in [-0.39, 0.29) is 25.2 Å². The van der Waals surface area contributed by atoms with Gasteiger partial charge < -0.3 is 77.8 Å². The van der Waals surface area contributed by atoms with Crippen LogP contribution >= 0.6 is 0 Å². The Morgan fingerprint density at radius 2 is 1.74 bits per heavy atom. The van der Waals surface area contributed by atoms with Gasteiger partial charge in [-0.2, -0.15) is 0 Å². The van der Waals surface area contributed by atoms with Crippen LogP contribution in [-0.2, 0) is 23.7 Å². The number of aliphatic hydroxyl groups is 4. The Balaban J connectivity index is 1.90. The van der Waals surface area contributed by atoms with Crippen molar-refractivity contribution in [2.75, 3.05) is 40.3 Å². The maximum Gasteiger partial charge on any atom is 0.294 e. The van der Waals surface area contributed by atoms with Crippen LogP contribution in [0.3, 0.4) is 0 Å². The summed E-state index contributed by atoms with van der Waals surface area (Å²) in [6.45, 7) is 4.95. The molecular weight excluding hydrogens is 628 g/mol. The molecule has 3 fully saturated rings. The van der Waals surface area contributed by atoms with Crippen LogP contribution in [0, 0.1) is 0 Å². The van der Waals surface area contributed by atoms with Gasteiger partial charge in [-0.05, 0) is 73.6 Å². The smallest absolute Gasteiger partial charge is 0.294 e. The maximum atomic E-state index is 14.1. The van der Waals surface area contributed by atoms with E-state index in [1.54, 1.807) is 0 Å². The van der Waals surface area contributed by atoms with Crippen LogP contribution in [0.25, 0.3) is 0 Å². The minimum absolute atomic E-state index is 0.154. The number of nitrogens with two attached hydrogens (primary N) is 3. The van der Waals surface area contributed by atoms with E-state index in [2.05, 4.69) is 21.3 Å². The van der Waals surface area contributed by atoms with Crippen molar-refractivity contribution in [3.63, 3.8) is 0 Å². The summed E-state index contributed by atoms with van der Waals surface area (Å²) in [5.41, 5.74) is 15.3. The van der Waals surface area contributed by atoms with Gasteiger partial charge in [-0.15, -0.1) is 0 Å². The zero-order valence-corrected chi connectivity index (χ0v) is 27.9. The Labute approximate surface area is 274 Å². The highest BCUT2D eigenvalue weighted by Gasteiger charge is 2.53. The lowest BCUT2D eigenvalue weighted by Crippen LogP contribution is -2.70. The molecule has 0 aromatic heterocycles. The van der Waals surface area contributed by atoms with E-state index in [1.807, 2.05) is 20.9 Å². The lowest BCUT2D eigenvalue weighted by atomic mass is 9.83. The van der Waals surface area contributed by atoms with Gasteiger partial charge in [0, 0.05) is 11.6 Å². The second-order valence-electron chi connectivity index (χ2n) is 13.6. The molecular formula is C29H57F2N7O9. The van der Waals surface area contributed by atoms with E-state index in [0.29, 0.717) is 32.4 Å². The maximum absolute atomic E-state index is 14.1. The zero-order valence-electron chi connectivity index (χ0n) is 27.9. The molecule has 2 heterocycles. The van der Waals surface area contributed by atoms with Gasteiger partial charge in [0.25, 0.3) is 11.8 Å². The summed E-state index contributed by atoms with van der Waals surface area (Å²) in [7, 11) is 3.35. The van der Waals surface area contributed by atoms with Gasteiger partial charge >= 0.3 is 0 Å². The van der Waals surface area contributed by atoms with Gasteiger partial charge in [0.05, 0.1) is 37.4 Å². The highest BCUT2D eigenvalue weighted by atomic mass is 19.3. The molecule has 16 nitrogen and oxygen atoms in total. The average Bonchev–Trinajstić information content (AvgIpc) is 3.02. The molecule has 0 aromatic rings. The lowest BCUT2D eigenvalue weighted by molar-refractivity contribution is -0.310. The minimum atomic E-state index is -3.93. The highest BCUT2D eigenvalue weighted by Crippen LogP contribution is 2.34. The van der Waals surface area contributed by atoms with Crippen LogP contribution in [0.2, 0.25) is 0 Å². The third-order valence-corrected chi connectivity index (χ3v) is 9.59. The monoisotopic (exact) mass is 685 g/mol. The number of carbonyl (C=O) groups excluding carboxylic acids is 1. The van der Waals surface area contributed by atoms with Crippen molar-refractivity contribution in [2.24, 2.45) is 17.2 Å². The minimum Gasteiger partial charge on any atom is -0.388 e. The van der Waals surface area contributed by atoms with Crippen molar-refractivity contribution in [1.29, 1.82) is 0 Å². The summed E-state index contributed by atoms with van der Waals surface area (Å²) in [5.74, 6) is -5.40. The number of rotatable bonds is 15. The second-order valence-corrected chi connectivity index (χ2v) is 13.6. The number of amides is 1. The fourth-order valence-electron chi connectivity index (χ4n) is 6.38. The number of alkyl halides is 2. The standard InChI is InChI=1S/C29H57F2N7O9/c1-27(2,36-5)17-8-7-15(37-10-6-9-32)25(45-17)46-20-14(34)11-16(38-24(42)23(41)29(30,31)12-33)21(18(20)39)47-26-19(40)22(35-4)28(3,43)13-44-26/h14-23,25-26,35-37,39-41,43H,6-13,32-34H2,1-5H3,(H,38,42)/t14-,15+,16+,17-,18-,19+,20+,21-,22+,23?,25+,26+,28-/m0/s1. The van der Waals surface area contributed by atoms with Gasteiger partial charge in [0.2, 0.25) is 0 Å². The predicted octanol–water partition coefficient (Wildman–Crippen LogP) is -3.85. The molecule has 14 N–H and O–H groups in total. The van der Waals surface area contributed by atoms with E-state index in [1.165, 1.54) is 14.0 Å². The number of ether oxygens (including phenoxy) is 4. The molecule has 13 atom stereocenters. The number of nitrogens with one attached hydrogen (secondary N) is 4. The number of likely N-dealkylation sites (N-methyl/N-ethyl adjacent to an activating group) is 2. The van der Waals surface area contributed by atoms with Crippen LogP contribution in [0.4, 0.5) is 8.78 Å². The number of hydrogen-bond acceptors (Lipinski definition) is 15. The molecule has 1 amide bonds. The van der Waals surface area contributed by atoms with Crippen molar-refractivity contribution in [1.82, 2.24) is 21.3 Å². The molecule has 18 heteroatoms.